The summed E-state index contributed by atoms with van der Waals surface area (Å²) in [6, 6.07) is 11.9. The number of benzene rings is 2. The largest absolute Gasteiger partial charge is 0.368 e. The van der Waals surface area contributed by atoms with Crippen molar-refractivity contribution in [3.63, 3.8) is 0 Å². The standard InChI is InChI=1S/C20H18FN3O3/c1-12-7-8-13(11-16(12)21)18-23-20(27-24-18)14-4-2-5-15(10-14)22-19(25)17-6-3-9-26-17/h2,4-5,7-8,10-11,17H,3,6,9H2,1H3,(H,22,25)/t17-/m0/s1. The smallest absolute Gasteiger partial charge is 0.258 e. The SMILES string of the molecule is Cc1ccc(-c2noc(-c3cccc(NC(=O)[C@@H]4CCCO4)c3)n2)cc1F. The highest BCUT2D eigenvalue weighted by molar-refractivity contribution is 5.94. The lowest BCUT2D eigenvalue weighted by Gasteiger charge is -2.10. The lowest BCUT2D eigenvalue weighted by molar-refractivity contribution is -0.124. The average Bonchev–Trinajstić information content (AvgIpc) is 3.36. The molecule has 4 rings (SSSR count). The van der Waals surface area contributed by atoms with Crippen LogP contribution in [0.3, 0.4) is 0 Å². The van der Waals surface area contributed by atoms with Gasteiger partial charge in [0.25, 0.3) is 11.8 Å². The van der Waals surface area contributed by atoms with E-state index >= 15 is 0 Å². The van der Waals surface area contributed by atoms with Crippen LogP contribution in [0.4, 0.5) is 10.1 Å². The van der Waals surface area contributed by atoms with Crippen molar-refractivity contribution in [3.8, 4) is 22.8 Å². The molecule has 0 unspecified atom stereocenters. The molecule has 0 aliphatic carbocycles. The quantitative estimate of drug-likeness (QED) is 0.755. The number of aryl methyl sites for hydroxylation is 1. The second-order valence-electron chi connectivity index (χ2n) is 6.46. The first kappa shape index (κ1) is 17.4. The van der Waals surface area contributed by atoms with Crippen LogP contribution in [0.2, 0.25) is 0 Å². The van der Waals surface area contributed by atoms with Gasteiger partial charge in [0.1, 0.15) is 11.9 Å². The predicted molar refractivity (Wildman–Crippen MR) is 97.5 cm³/mol. The van der Waals surface area contributed by atoms with E-state index in [4.69, 9.17) is 9.26 Å². The molecule has 1 amide bonds. The second-order valence-corrected chi connectivity index (χ2v) is 6.46. The monoisotopic (exact) mass is 367 g/mol. The zero-order valence-electron chi connectivity index (χ0n) is 14.7. The number of carbonyl (C=O) groups is 1. The Kier molecular flexibility index (Phi) is 4.68. The Labute approximate surface area is 155 Å². The van der Waals surface area contributed by atoms with Crippen LogP contribution < -0.4 is 5.32 Å². The number of nitrogens with one attached hydrogen (secondary N) is 1. The van der Waals surface area contributed by atoms with E-state index in [0.717, 1.165) is 12.8 Å². The minimum Gasteiger partial charge on any atom is -0.368 e. The number of halogens is 1. The molecule has 1 N–H and O–H groups in total. The van der Waals surface area contributed by atoms with Gasteiger partial charge in [0.15, 0.2) is 0 Å². The molecule has 3 aromatic rings. The van der Waals surface area contributed by atoms with Gasteiger partial charge in [-0.25, -0.2) is 4.39 Å². The third-order valence-electron chi connectivity index (χ3n) is 4.46. The zero-order valence-corrected chi connectivity index (χ0v) is 14.7. The highest BCUT2D eigenvalue weighted by Gasteiger charge is 2.23. The summed E-state index contributed by atoms with van der Waals surface area (Å²) in [7, 11) is 0. The molecule has 0 bridgehead atoms. The van der Waals surface area contributed by atoms with Gasteiger partial charge in [0.05, 0.1) is 0 Å². The van der Waals surface area contributed by atoms with E-state index in [1.807, 2.05) is 0 Å². The van der Waals surface area contributed by atoms with E-state index in [1.54, 1.807) is 43.3 Å². The van der Waals surface area contributed by atoms with Crippen molar-refractivity contribution in [1.82, 2.24) is 10.1 Å². The van der Waals surface area contributed by atoms with Crippen molar-refractivity contribution in [1.29, 1.82) is 0 Å². The predicted octanol–water partition coefficient (Wildman–Crippen LogP) is 3.97. The molecular weight excluding hydrogens is 349 g/mol. The molecule has 27 heavy (non-hydrogen) atoms. The molecule has 7 heteroatoms. The summed E-state index contributed by atoms with van der Waals surface area (Å²) in [6.45, 7) is 2.31. The molecule has 2 heterocycles. The Bertz CT molecular complexity index is 980. The van der Waals surface area contributed by atoms with Gasteiger partial charge in [-0.1, -0.05) is 23.4 Å². The van der Waals surface area contributed by atoms with Crippen LogP contribution in [0.15, 0.2) is 47.0 Å². The molecule has 1 aliphatic heterocycles. The third-order valence-corrected chi connectivity index (χ3v) is 4.46. The average molecular weight is 367 g/mol. The van der Waals surface area contributed by atoms with E-state index in [-0.39, 0.29) is 11.7 Å². The van der Waals surface area contributed by atoms with Crippen molar-refractivity contribution >= 4 is 11.6 Å². The summed E-state index contributed by atoms with van der Waals surface area (Å²) in [5, 5.41) is 6.77. The molecule has 6 nitrogen and oxygen atoms in total. The topological polar surface area (TPSA) is 77.2 Å². The van der Waals surface area contributed by atoms with Gasteiger partial charge >= 0.3 is 0 Å². The van der Waals surface area contributed by atoms with Crippen molar-refractivity contribution < 1.29 is 18.4 Å². The van der Waals surface area contributed by atoms with Crippen LogP contribution in [0.25, 0.3) is 22.8 Å². The molecule has 1 aromatic heterocycles. The highest BCUT2D eigenvalue weighted by Crippen LogP contribution is 2.25. The zero-order chi connectivity index (χ0) is 18.8. The molecule has 0 radical (unpaired) electrons. The maximum absolute atomic E-state index is 13.8. The number of amides is 1. The molecule has 0 saturated carbocycles. The normalized spacial score (nSPS) is 16.4. The summed E-state index contributed by atoms with van der Waals surface area (Å²) in [5.74, 6) is 0.112. The molecular formula is C20H18FN3O3. The van der Waals surface area contributed by atoms with E-state index < -0.39 is 6.10 Å². The van der Waals surface area contributed by atoms with Crippen LogP contribution in [0.1, 0.15) is 18.4 Å². The van der Waals surface area contributed by atoms with Crippen molar-refractivity contribution in [2.75, 3.05) is 11.9 Å². The van der Waals surface area contributed by atoms with Crippen LogP contribution in [0.5, 0.6) is 0 Å². The number of hydrogen-bond donors (Lipinski definition) is 1. The number of nitrogens with zero attached hydrogens (tertiary/aromatic N) is 2. The summed E-state index contributed by atoms with van der Waals surface area (Å²) >= 11 is 0. The summed E-state index contributed by atoms with van der Waals surface area (Å²) in [5.41, 5.74) is 2.37. The minimum atomic E-state index is -0.403. The molecule has 1 fully saturated rings. The summed E-state index contributed by atoms with van der Waals surface area (Å²) in [6.07, 6.45) is 1.22. The van der Waals surface area contributed by atoms with E-state index in [9.17, 15) is 9.18 Å². The van der Waals surface area contributed by atoms with Gasteiger partial charge in [-0.2, -0.15) is 4.98 Å². The second kappa shape index (κ2) is 7.28. The van der Waals surface area contributed by atoms with Crippen molar-refractivity contribution in [3.05, 3.63) is 53.8 Å². The Balaban J connectivity index is 1.54. The Morgan fingerprint density at radius 2 is 2.11 bits per heavy atom. The number of hydrogen-bond acceptors (Lipinski definition) is 5. The van der Waals surface area contributed by atoms with Crippen LogP contribution in [0, 0.1) is 12.7 Å². The van der Waals surface area contributed by atoms with Gasteiger partial charge < -0.3 is 14.6 Å². The highest BCUT2D eigenvalue weighted by atomic mass is 19.1. The number of aromatic nitrogens is 2. The van der Waals surface area contributed by atoms with Crippen LogP contribution in [-0.4, -0.2) is 28.8 Å². The molecule has 1 aliphatic rings. The van der Waals surface area contributed by atoms with Gasteiger partial charge in [-0.3, -0.25) is 4.79 Å². The first-order valence-corrected chi connectivity index (χ1v) is 8.73. The lowest BCUT2D eigenvalue weighted by Crippen LogP contribution is -2.26. The fourth-order valence-electron chi connectivity index (χ4n) is 2.93. The van der Waals surface area contributed by atoms with Crippen LogP contribution in [-0.2, 0) is 9.53 Å². The van der Waals surface area contributed by atoms with Crippen LogP contribution >= 0.6 is 0 Å². The van der Waals surface area contributed by atoms with E-state index in [1.165, 1.54) is 6.07 Å². The van der Waals surface area contributed by atoms with Crippen molar-refractivity contribution in [2.45, 2.75) is 25.9 Å². The number of carbonyl (C=O) groups excluding carboxylic acids is 1. The Hall–Kier alpha value is -3.06. The fourth-order valence-corrected chi connectivity index (χ4v) is 2.93. The first-order chi connectivity index (χ1) is 13.1. The lowest BCUT2D eigenvalue weighted by atomic mass is 10.1. The maximum Gasteiger partial charge on any atom is 0.258 e. The molecule has 138 valence electrons. The molecule has 0 spiro atoms. The molecule has 1 atom stereocenters. The third kappa shape index (κ3) is 3.73. The van der Waals surface area contributed by atoms with E-state index in [0.29, 0.717) is 40.7 Å². The van der Waals surface area contributed by atoms with Gasteiger partial charge in [-0.15, -0.1) is 0 Å². The molecule has 1 saturated heterocycles. The Morgan fingerprint density at radius 1 is 1.22 bits per heavy atom. The van der Waals surface area contributed by atoms with Gasteiger partial charge in [-0.05, 0) is 49.6 Å². The summed E-state index contributed by atoms with van der Waals surface area (Å²) in [4.78, 5) is 16.5. The minimum absolute atomic E-state index is 0.161. The van der Waals surface area contributed by atoms with Crippen molar-refractivity contribution in [2.24, 2.45) is 0 Å². The van der Waals surface area contributed by atoms with Gasteiger partial charge in [0.2, 0.25) is 5.82 Å². The maximum atomic E-state index is 13.8. The molecule has 2 aromatic carbocycles. The fraction of sp³-hybridized carbons (Fsp3) is 0.250. The number of ether oxygens (including phenoxy) is 1. The summed E-state index contributed by atoms with van der Waals surface area (Å²) < 4.78 is 24.5. The number of rotatable bonds is 4. The Morgan fingerprint density at radius 3 is 2.89 bits per heavy atom. The first-order valence-electron chi connectivity index (χ1n) is 8.73. The number of anilines is 1. The van der Waals surface area contributed by atoms with E-state index in [2.05, 4.69) is 15.5 Å². The van der Waals surface area contributed by atoms with Gasteiger partial charge in [0, 0.05) is 23.4 Å².